The Labute approximate surface area is 152 Å². The Bertz CT molecular complexity index is 804. The maximum Gasteiger partial charge on any atom is 0.326 e. The lowest BCUT2D eigenvalue weighted by Gasteiger charge is -2.13. The van der Waals surface area contributed by atoms with Gasteiger partial charge in [-0.1, -0.05) is 31.9 Å². The number of aliphatic imine (C=N–C) groups is 1. The van der Waals surface area contributed by atoms with Gasteiger partial charge in [0.15, 0.2) is 0 Å². The minimum absolute atomic E-state index is 0.126. The molecule has 1 atom stereocenters. The molecule has 0 unspecified atom stereocenters. The minimum atomic E-state index is -3.57. The number of nitrogens with zero attached hydrogens (tertiary/aromatic N) is 1. The van der Waals surface area contributed by atoms with Crippen LogP contribution in [0.15, 0.2) is 34.2 Å². The first-order valence-corrected chi connectivity index (χ1v) is 10.0. The molecule has 0 bridgehead atoms. The van der Waals surface area contributed by atoms with Gasteiger partial charge >= 0.3 is 5.97 Å². The highest BCUT2D eigenvalue weighted by Gasteiger charge is 2.29. The first kappa shape index (κ1) is 19.9. The van der Waals surface area contributed by atoms with Crippen LogP contribution >= 0.6 is 0 Å². The number of carbonyl (C=O) groups excluding carboxylic acids is 1. The third kappa shape index (κ3) is 5.04. The zero-order valence-electron chi connectivity index (χ0n) is 14.6. The molecule has 1 heterocycles. The number of carboxylic acids is 1. The molecule has 1 aliphatic heterocycles. The fourth-order valence-electron chi connectivity index (χ4n) is 2.61. The molecule has 0 saturated heterocycles. The number of hydrogen-bond donors (Lipinski definition) is 3. The quantitative estimate of drug-likeness (QED) is 0.556. The third-order valence-corrected chi connectivity index (χ3v) is 5.37. The average molecular weight is 381 g/mol. The maximum atomic E-state index is 12.0. The van der Waals surface area contributed by atoms with Crippen LogP contribution in [-0.2, 0) is 19.6 Å². The minimum Gasteiger partial charge on any atom is -0.480 e. The highest BCUT2D eigenvalue weighted by atomic mass is 32.2. The van der Waals surface area contributed by atoms with Crippen molar-refractivity contribution in [2.45, 2.75) is 50.0 Å². The molecule has 9 heteroatoms. The zero-order chi connectivity index (χ0) is 19.2. The van der Waals surface area contributed by atoms with E-state index in [0.717, 1.165) is 12.8 Å². The van der Waals surface area contributed by atoms with E-state index in [9.17, 15) is 18.0 Å². The molecule has 0 radical (unpaired) electrons. The maximum absolute atomic E-state index is 12.0. The summed E-state index contributed by atoms with van der Waals surface area (Å²) in [4.78, 5) is 27.4. The van der Waals surface area contributed by atoms with E-state index in [2.05, 4.69) is 15.0 Å². The molecule has 0 aliphatic carbocycles. The van der Waals surface area contributed by atoms with Crippen molar-refractivity contribution in [3.63, 3.8) is 0 Å². The number of sulfonamides is 1. The SMILES string of the molecule is CCCC[C@H](NC(=O)CCCN=C1NS(=O)(=O)c2ccccc21)C(=O)O. The van der Waals surface area contributed by atoms with Crippen LogP contribution in [0.5, 0.6) is 0 Å². The van der Waals surface area contributed by atoms with Crippen molar-refractivity contribution in [1.29, 1.82) is 0 Å². The predicted octanol–water partition coefficient (Wildman–Crippen LogP) is 1.26. The van der Waals surface area contributed by atoms with Crippen LogP contribution in [0.2, 0.25) is 0 Å². The molecule has 0 fully saturated rings. The Hall–Kier alpha value is -2.42. The Morgan fingerprint density at radius 1 is 1.27 bits per heavy atom. The Kier molecular flexibility index (Phi) is 6.73. The number of amidine groups is 1. The van der Waals surface area contributed by atoms with Gasteiger partial charge in [0.05, 0.1) is 4.90 Å². The van der Waals surface area contributed by atoms with Crippen LogP contribution in [0, 0.1) is 0 Å². The first-order valence-electron chi connectivity index (χ1n) is 8.54. The summed E-state index contributed by atoms with van der Waals surface area (Å²) in [7, 11) is -3.57. The summed E-state index contributed by atoms with van der Waals surface area (Å²) < 4.78 is 26.3. The Morgan fingerprint density at radius 3 is 2.69 bits per heavy atom. The number of fused-ring (bicyclic) bond motifs is 1. The molecule has 0 aromatic heterocycles. The van der Waals surface area contributed by atoms with E-state index in [1.165, 1.54) is 6.07 Å². The van der Waals surface area contributed by atoms with Crippen molar-refractivity contribution < 1.29 is 23.1 Å². The number of benzene rings is 1. The number of amides is 1. The van der Waals surface area contributed by atoms with Crippen LogP contribution in [0.25, 0.3) is 0 Å². The molecule has 142 valence electrons. The molecular formula is C17H23N3O5S. The summed E-state index contributed by atoms with van der Waals surface area (Å²) in [5.41, 5.74) is 0.516. The summed E-state index contributed by atoms with van der Waals surface area (Å²) in [5.74, 6) is -1.11. The molecule has 2 rings (SSSR count). The second-order valence-corrected chi connectivity index (χ2v) is 7.69. The Morgan fingerprint density at radius 2 is 2.00 bits per heavy atom. The molecule has 0 saturated carbocycles. The summed E-state index contributed by atoms with van der Waals surface area (Å²) in [6, 6.07) is 5.68. The molecular weight excluding hydrogens is 358 g/mol. The fraction of sp³-hybridized carbons (Fsp3) is 0.471. The topological polar surface area (TPSA) is 125 Å². The lowest BCUT2D eigenvalue weighted by molar-refractivity contribution is -0.142. The number of carboxylic acid groups (broad SMARTS) is 1. The molecule has 1 aliphatic rings. The Balaban J connectivity index is 1.86. The van der Waals surface area contributed by atoms with Crippen molar-refractivity contribution in [2.24, 2.45) is 4.99 Å². The van der Waals surface area contributed by atoms with Crippen LogP contribution < -0.4 is 10.0 Å². The van der Waals surface area contributed by atoms with Gasteiger partial charge in [0.25, 0.3) is 10.0 Å². The van der Waals surface area contributed by atoms with E-state index < -0.39 is 22.0 Å². The summed E-state index contributed by atoms with van der Waals surface area (Å²) in [6.45, 7) is 2.21. The van der Waals surface area contributed by atoms with Crippen molar-refractivity contribution in [3.05, 3.63) is 29.8 Å². The van der Waals surface area contributed by atoms with Gasteiger partial charge < -0.3 is 10.4 Å². The highest BCUT2D eigenvalue weighted by Crippen LogP contribution is 2.22. The van der Waals surface area contributed by atoms with Crippen LogP contribution in [-0.4, -0.2) is 43.8 Å². The smallest absolute Gasteiger partial charge is 0.326 e. The van der Waals surface area contributed by atoms with Crippen molar-refractivity contribution in [1.82, 2.24) is 10.0 Å². The van der Waals surface area contributed by atoms with Crippen molar-refractivity contribution in [3.8, 4) is 0 Å². The standard InChI is InChI=1S/C17H23N3O5S/c1-2-3-8-13(17(22)23)19-15(21)10-6-11-18-16-12-7-4-5-9-14(12)26(24,25)20-16/h4-5,7,9,13H,2-3,6,8,10-11H2,1H3,(H,18,20)(H,19,21)(H,22,23)/t13-/m0/s1. The predicted molar refractivity (Wildman–Crippen MR) is 96.5 cm³/mol. The highest BCUT2D eigenvalue weighted by molar-refractivity contribution is 7.90. The van der Waals surface area contributed by atoms with Gasteiger partial charge in [0.1, 0.15) is 11.9 Å². The molecule has 1 aromatic rings. The monoisotopic (exact) mass is 381 g/mol. The second kappa shape index (κ2) is 8.79. The van der Waals surface area contributed by atoms with Gasteiger partial charge in [-0.15, -0.1) is 0 Å². The van der Waals surface area contributed by atoms with Crippen LogP contribution in [0.4, 0.5) is 0 Å². The van der Waals surface area contributed by atoms with Crippen LogP contribution in [0.3, 0.4) is 0 Å². The number of nitrogens with one attached hydrogen (secondary N) is 2. The molecule has 3 N–H and O–H groups in total. The largest absolute Gasteiger partial charge is 0.480 e. The van der Waals surface area contributed by atoms with Gasteiger partial charge in [-0.05, 0) is 25.0 Å². The fourth-order valence-corrected chi connectivity index (χ4v) is 3.86. The first-order chi connectivity index (χ1) is 12.3. The number of hydrogen-bond acceptors (Lipinski definition) is 5. The van der Waals surface area contributed by atoms with E-state index in [1.54, 1.807) is 18.2 Å². The molecule has 1 amide bonds. The molecule has 26 heavy (non-hydrogen) atoms. The summed E-state index contributed by atoms with van der Waals surface area (Å²) in [5, 5.41) is 11.6. The van der Waals surface area contributed by atoms with Gasteiger partial charge in [-0.3, -0.25) is 14.5 Å². The molecule has 1 aromatic carbocycles. The lowest BCUT2D eigenvalue weighted by Crippen LogP contribution is -2.40. The normalized spacial score (nSPS) is 17.3. The zero-order valence-corrected chi connectivity index (χ0v) is 15.4. The van der Waals surface area contributed by atoms with E-state index >= 15 is 0 Å². The van der Waals surface area contributed by atoms with Crippen molar-refractivity contribution in [2.75, 3.05) is 6.54 Å². The third-order valence-electron chi connectivity index (χ3n) is 3.97. The van der Waals surface area contributed by atoms with E-state index in [1.807, 2.05) is 6.92 Å². The van der Waals surface area contributed by atoms with Gasteiger partial charge in [-0.25, -0.2) is 13.2 Å². The summed E-state index contributed by atoms with van der Waals surface area (Å²) in [6.07, 6.45) is 2.50. The lowest BCUT2D eigenvalue weighted by atomic mass is 10.1. The van der Waals surface area contributed by atoms with Crippen LogP contribution in [0.1, 0.15) is 44.6 Å². The van der Waals surface area contributed by atoms with E-state index in [-0.39, 0.29) is 29.6 Å². The van der Waals surface area contributed by atoms with E-state index in [0.29, 0.717) is 18.4 Å². The van der Waals surface area contributed by atoms with Gasteiger partial charge in [-0.2, -0.15) is 0 Å². The van der Waals surface area contributed by atoms with Gasteiger partial charge in [0.2, 0.25) is 5.91 Å². The van der Waals surface area contributed by atoms with Crippen molar-refractivity contribution >= 4 is 27.7 Å². The molecule has 8 nitrogen and oxygen atoms in total. The van der Waals surface area contributed by atoms with E-state index in [4.69, 9.17) is 5.11 Å². The van der Waals surface area contributed by atoms with Gasteiger partial charge in [0, 0.05) is 18.5 Å². The summed E-state index contributed by atoms with van der Waals surface area (Å²) >= 11 is 0. The number of rotatable bonds is 9. The number of aliphatic carboxylic acids is 1. The second-order valence-electron chi connectivity index (χ2n) is 6.04. The molecule has 0 spiro atoms. The number of unbranched alkanes of at least 4 members (excludes halogenated alkanes) is 1. The number of carbonyl (C=O) groups is 2. The average Bonchev–Trinajstić information content (AvgIpc) is 2.86.